The fourth-order valence-corrected chi connectivity index (χ4v) is 3.93. The van der Waals surface area contributed by atoms with Crippen LogP contribution in [-0.2, 0) is 10.0 Å². The third kappa shape index (κ3) is 7.70. The van der Waals surface area contributed by atoms with Crippen molar-refractivity contribution in [3.8, 4) is 5.75 Å². The van der Waals surface area contributed by atoms with Crippen molar-refractivity contribution in [3.05, 3.63) is 24.3 Å². The molecular weight excluding hydrogens is 500 g/mol. The van der Waals surface area contributed by atoms with E-state index in [0.717, 1.165) is 25.2 Å². The number of alkyl halides is 3. The molecule has 3 N–H and O–H groups in total. The molecule has 0 aromatic heterocycles. The number of nitrogens with one attached hydrogen (secondary N) is 1. The Kier molecular flexibility index (Phi) is 8.60. The van der Waals surface area contributed by atoms with Crippen molar-refractivity contribution < 1.29 is 26.3 Å². The lowest BCUT2D eigenvalue weighted by atomic mass is 10.1. The molecule has 0 aliphatic carbocycles. The fourth-order valence-electron chi connectivity index (χ4n) is 2.76. The second kappa shape index (κ2) is 9.78. The Labute approximate surface area is 173 Å². The van der Waals surface area contributed by atoms with E-state index in [2.05, 4.69) is 15.0 Å². The van der Waals surface area contributed by atoms with E-state index in [1.54, 1.807) is 0 Å². The van der Waals surface area contributed by atoms with Gasteiger partial charge < -0.3 is 15.8 Å². The van der Waals surface area contributed by atoms with E-state index in [-0.39, 0.29) is 48.2 Å². The second-order valence-electron chi connectivity index (χ2n) is 5.92. The van der Waals surface area contributed by atoms with Crippen LogP contribution in [0.4, 0.5) is 18.9 Å². The minimum atomic E-state index is -4.83. The molecule has 27 heavy (non-hydrogen) atoms. The summed E-state index contributed by atoms with van der Waals surface area (Å²) in [6, 6.07) is 5.11. The van der Waals surface area contributed by atoms with Crippen LogP contribution in [0.25, 0.3) is 0 Å². The first-order valence-electron chi connectivity index (χ1n) is 7.95. The van der Waals surface area contributed by atoms with Crippen molar-refractivity contribution in [2.45, 2.75) is 31.7 Å². The summed E-state index contributed by atoms with van der Waals surface area (Å²) in [6.07, 6.45) is -1.38. The fraction of sp³-hybridized carbons (Fsp3) is 0.533. The largest absolute Gasteiger partial charge is 0.573 e. The van der Waals surface area contributed by atoms with E-state index in [1.807, 2.05) is 0 Å². The van der Waals surface area contributed by atoms with Crippen LogP contribution in [0.2, 0.25) is 0 Å². The Morgan fingerprint density at radius 2 is 2.04 bits per heavy atom. The van der Waals surface area contributed by atoms with Crippen molar-refractivity contribution >= 4 is 45.6 Å². The number of halogens is 4. The highest BCUT2D eigenvalue weighted by molar-refractivity contribution is 14.0. The number of benzene rings is 1. The van der Waals surface area contributed by atoms with Crippen LogP contribution >= 0.6 is 24.0 Å². The topological polar surface area (TPSA) is 97.0 Å². The third-order valence-electron chi connectivity index (χ3n) is 3.85. The van der Waals surface area contributed by atoms with Gasteiger partial charge in [-0.3, -0.25) is 4.99 Å². The van der Waals surface area contributed by atoms with Gasteiger partial charge in [0.1, 0.15) is 0 Å². The van der Waals surface area contributed by atoms with Crippen LogP contribution in [0.1, 0.15) is 19.3 Å². The van der Waals surface area contributed by atoms with Crippen LogP contribution in [0, 0.1) is 0 Å². The van der Waals surface area contributed by atoms with Crippen molar-refractivity contribution in [3.63, 3.8) is 0 Å². The Morgan fingerprint density at radius 3 is 2.67 bits per heavy atom. The summed E-state index contributed by atoms with van der Waals surface area (Å²) in [4.78, 5) is 4.08. The molecule has 0 bridgehead atoms. The molecule has 2 rings (SSSR count). The average Bonchev–Trinajstić information content (AvgIpc) is 2.53. The zero-order valence-electron chi connectivity index (χ0n) is 14.6. The lowest BCUT2D eigenvalue weighted by Gasteiger charge is -2.32. The number of ether oxygens (including phenoxy) is 1. The quantitative estimate of drug-likeness (QED) is 0.352. The van der Waals surface area contributed by atoms with Gasteiger partial charge in [-0.1, -0.05) is 18.6 Å². The Balaban J connectivity index is 0.00000364. The second-order valence-corrected chi connectivity index (χ2v) is 7.85. The van der Waals surface area contributed by atoms with Crippen molar-refractivity contribution in [1.29, 1.82) is 0 Å². The summed E-state index contributed by atoms with van der Waals surface area (Å²) in [7, 11) is -3.35. The number of aliphatic imine (C=N–C) groups is 1. The van der Waals surface area contributed by atoms with E-state index in [1.165, 1.54) is 22.5 Å². The molecule has 1 fully saturated rings. The molecule has 1 aliphatic rings. The highest BCUT2D eigenvalue weighted by Gasteiger charge is 2.32. The minimum Gasteiger partial charge on any atom is -0.404 e. The first-order valence-corrected chi connectivity index (χ1v) is 9.79. The van der Waals surface area contributed by atoms with Crippen molar-refractivity contribution in [2.75, 3.05) is 24.7 Å². The Morgan fingerprint density at radius 1 is 1.37 bits per heavy atom. The maximum absolute atomic E-state index is 12.4. The predicted octanol–water partition coefficient (Wildman–Crippen LogP) is 2.74. The number of piperidine rings is 1. The van der Waals surface area contributed by atoms with E-state index < -0.39 is 22.1 Å². The average molecular weight is 522 g/mol. The highest BCUT2D eigenvalue weighted by Crippen LogP contribution is 2.29. The number of nitrogens with zero attached hydrogens (tertiary/aromatic N) is 2. The molecule has 1 aliphatic heterocycles. The normalized spacial score (nSPS) is 19.3. The smallest absolute Gasteiger partial charge is 0.404 e. The molecule has 0 radical (unpaired) electrons. The molecule has 1 atom stereocenters. The molecule has 154 valence electrons. The molecule has 1 saturated heterocycles. The molecule has 12 heteroatoms. The number of anilines is 1. The zero-order valence-corrected chi connectivity index (χ0v) is 17.7. The van der Waals surface area contributed by atoms with Gasteiger partial charge in [0.05, 0.1) is 18.5 Å². The number of guanidine groups is 1. The molecule has 1 heterocycles. The number of hydrogen-bond donors (Lipinski definition) is 2. The lowest BCUT2D eigenvalue weighted by molar-refractivity contribution is -0.274. The maximum Gasteiger partial charge on any atom is 0.573 e. The molecule has 0 spiro atoms. The maximum atomic E-state index is 12.4. The minimum absolute atomic E-state index is 0. The highest BCUT2D eigenvalue weighted by atomic mass is 127. The van der Waals surface area contributed by atoms with Gasteiger partial charge >= 0.3 is 6.36 Å². The van der Waals surface area contributed by atoms with Gasteiger partial charge in [-0.25, -0.2) is 8.42 Å². The summed E-state index contributed by atoms with van der Waals surface area (Å²) >= 11 is 0. The van der Waals surface area contributed by atoms with Gasteiger partial charge in [-0.15, -0.1) is 37.1 Å². The standard InChI is InChI=1S/C15H21F3N4O3S.HI/c1-26(23,24)22-9-5-4-6-11(22)10-20-14(19)21-12-7-2-3-8-13(12)25-15(16,17)18;/h2-3,7-8,11H,4-6,9-10H2,1H3,(H3,19,20,21);1H. The third-order valence-corrected chi connectivity index (χ3v) is 5.18. The van der Waals surface area contributed by atoms with E-state index in [0.29, 0.717) is 13.0 Å². The summed E-state index contributed by atoms with van der Waals surface area (Å²) in [6.45, 7) is 0.544. The van der Waals surface area contributed by atoms with Crippen LogP contribution < -0.4 is 15.8 Å². The Hall–Kier alpha value is -1.28. The predicted molar refractivity (Wildman–Crippen MR) is 108 cm³/mol. The van der Waals surface area contributed by atoms with Gasteiger partial charge in [0.15, 0.2) is 11.7 Å². The van der Waals surface area contributed by atoms with Gasteiger partial charge in [-0.05, 0) is 25.0 Å². The SMILES string of the molecule is CS(=O)(=O)N1CCCCC1CN=C(N)Nc1ccccc1OC(F)(F)F.I. The number of sulfonamides is 1. The van der Waals surface area contributed by atoms with Crippen molar-refractivity contribution in [1.82, 2.24) is 4.31 Å². The number of rotatable bonds is 5. The van der Waals surface area contributed by atoms with Gasteiger partial charge in [0.25, 0.3) is 0 Å². The molecule has 1 unspecified atom stereocenters. The monoisotopic (exact) mass is 522 g/mol. The summed E-state index contributed by atoms with van der Waals surface area (Å²) in [5.74, 6) is -0.559. The van der Waals surface area contributed by atoms with Gasteiger partial charge in [-0.2, -0.15) is 4.31 Å². The van der Waals surface area contributed by atoms with Gasteiger partial charge in [0, 0.05) is 12.6 Å². The summed E-state index contributed by atoms with van der Waals surface area (Å²) in [5.41, 5.74) is 5.75. The van der Waals surface area contributed by atoms with Crippen LogP contribution in [-0.4, -0.2) is 50.4 Å². The molecular formula is C15H22F3IN4O3S. The molecule has 1 aromatic carbocycles. The first kappa shape index (κ1) is 23.8. The number of hydrogen-bond acceptors (Lipinski definition) is 4. The van der Waals surface area contributed by atoms with Crippen LogP contribution in [0.5, 0.6) is 5.75 Å². The van der Waals surface area contributed by atoms with Crippen LogP contribution in [0.3, 0.4) is 0 Å². The summed E-state index contributed by atoms with van der Waals surface area (Å²) in [5, 5.41) is 2.56. The summed E-state index contributed by atoms with van der Waals surface area (Å²) < 4.78 is 66.2. The Bertz CT molecular complexity index is 759. The zero-order chi connectivity index (χ0) is 19.4. The van der Waals surface area contributed by atoms with E-state index >= 15 is 0 Å². The van der Waals surface area contributed by atoms with E-state index in [4.69, 9.17) is 5.73 Å². The van der Waals surface area contributed by atoms with Gasteiger partial charge in [0.2, 0.25) is 10.0 Å². The molecule has 1 aromatic rings. The number of para-hydroxylation sites is 2. The van der Waals surface area contributed by atoms with E-state index in [9.17, 15) is 21.6 Å². The first-order chi connectivity index (χ1) is 12.1. The van der Waals surface area contributed by atoms with Crippen molar-refractivity contribution in [2.24, 2.45) is 10.7 Å². The number of nitrogens with two attached hydrogens (primary N) is 1. The molecule has 0 amide bonds. The molecule has 0 saturated carbocycles. The van der Waals surface area contributed by atoms with Crippen LogP contribution in [0.15, 0.2) is 29.3 Å². The lowest BCUT2D eigenvalue weighted by Crippen LogP contribution is -2.45. The molecule has 7 nitrogen and oxygen atoms in total.